The Bertz CT molecular complexity index is 1590. The summed E-state index contributed by atoms with van der Waals surface area (Å²) in [7, 11) is -1.36. The number of pyridine rings is 2. The third-order valence-electron chi connectivity index (χ3n) is 6.15. The van der Waals surface area contributed by atoms with Crippen molar-refractivity contribution in [2.45, 2.75) is 26.6 Å². The normalized spacial score (nSPS) is 11.0. The molecule has 0 aliphatic carbocycles. The van der Waals surface area contributed by atoms with Gasteiger partial charge in [-0.1, -0.05) is 67.0 Å². The smallest absolute Gasteiger partial charge is 0.120 e. The van der Waals surface area contributed by atoms with E-state index in [2.05, 4.69) is 68.1 Å². The van der Waals surface area contributed by atoms with E-state index in [0.29, 0.717) is 0 Å². The molecule has 6 aromatic rings. The molecule has 0 bridgehead atoms. The van der Waals surface area contributed by atoms with Crippen LogP contribution in [0.15, 0.2) is 102 Å². The Labute approximate surface area is 233 Å². The third kappa shape index (κ3) is 5.96. The van der Waals surface area contributed by atoms with Gasteiger partial charge in [0.05, 0.1) is 13.7 Å². The van der Waals surface area contributed by atoms with Crippen molar-refractivity contribution >= 4 is 35.2 Å². The number of para-hydroxylation sites is 1. The van der Waals surface area contributed by atoms with Crippen molar-refractivity contribution in [1.82, 2.24) is 9.97 Å². The molecule has 187 valence electrons. The molecule has 6 rings (SSSR count). The first-order valence-electron chi connectivity index (χ1n) is 12.1. The number of rotatable bonds is 3. The van der Waals surface area contributed by atoms with E-state index in [1.807, 2.05) is 66.7 Å². The summed E-state index contributed by atoms with van der Waals surface area (Å²) in [5, 5.41) is 3.67. The van der Waals surface area contributed by atoms with E-state index in [4.69, 9.17) is 9.40 Å². The summed E-state index contributed by atoms with van der Waals surface area (Å²) in [6.07, 6.45) is 3.85. The van der Waals surface area contributed by atoms with E-state index in [9.17, 15) is 0 Å². The molecular formula is C32H28IrN2OSi-2. The minimum atomic E-state index is -1.36. The fourth-order valence-electron chi connectivity index (χ4n) is 4.38. The summed E-state index contributed by atoms with van der Waals surface area (Å²) in [4.78, 5) is 8.94. The molecule has 3 heterocycles. The van der Waals surface area contributed by atoms with Gasteiger partial charge in [-0.05, 0) is 35.6 Å². The first-order chi connectivity index (χ1) is 17.4. The maximum Gasteiger partial charge on any atom is 0.120 e. The second kappa shape index (κ2) is 11.3. The fraction of sp³-hybridized carbons (Fsp3) is 0.125. The predicted octanol–water partition coefficient (Wildman–Crippen LogP) is 7.85. The molecule has 3 aromatic heterocycles. The Morgan fingerprint density at radius 2 is 1.51 bits per heavy atom. The second-order valence-electron chi connectivity index (χ2n) is 9.85. The summed E-state index contributed by atoms with van der Waals surface area (Å²) in [5.74, 6) is 0. The Kier molecular flexibility index (Phi) is 8.18. The minimum absolute atomic E-state index is 0. The van der Waals surface area contributed by atoms with Crippen LogP contribution in [-0.4, -0.2) is 18.0 Å². The number of hydrogen-bond donors (Lipinski definition) is 0. The SMILES string of the molecule is Cc1cc(-c2[c-]cc3oc4ccccc4c3c2)ncc1[Si](C)(C)C.[Ir].[c-]1ccccc1-c1ccccn1. The second-order valence-corrected chi connectivity index (χ2v) is 14.9. The molecule has 5 heteroatoms. The Morgan fingerprint density at radius 3 is 2.22 bits per heavy atom. The molecule has 0 spiro atoms. The molecule has 0 aliphatic heterocycles. The zero-order chi connectivity index (χ0) is 25.1. The maximum absolute atomic E-state index is 5.88. The van der Waals surface area contributed by atoms with Crippen molar-refractivity contribution in [3.8, 4) is 22.5 Å². The number of fused-ring (bicyclic) bond motifs is 3. The van der Waals surface area contributed by atoms with Crippen molar-refractivity contribution in [2.75, 3.05) is 0 Å². The quantitative estimate of drug-likeness (QED) is 0.142. The topological polar surface area (TPSA) is 38.9 Å². The molecule has 0 aliphatic rings. The zero-order valence-electron chi connectivity index (χ0n) is 21.4. The van der Waals surface area contributed by atoms with Crippen LogP contribution in [0, 0.1) is 19.1 Å². The molecule has 0 fully saturated rings. The third-order valence-corrected chi connectivity index (χ3v) is 8.29. The number of aromatic nitrogens is 2. The number of aryl methyl sites for hydroxylation is 1. The number of benzene rings is 3. The van der Waals surface area contributed by atoms with E-state index in [1.165, 1.54) is 10.8 Å². The van der Waals surface area contributed by atoms with Crippen LogP contribution >= 0.6 is 0 Å². The molecule has 37 heavy (non-hydrogen) atoms. The first kappa shape index (κ1) is 26.7. The summed E-state index contributed by atoms with van der Waals surface area (Å²) in [6, 6.07) is 34.5. The van der Waals surface area contributed by atoms with Crippen LogP contribution in [0.2, 0.25) is 19.6 Å². The van der Waals surface area contributed by atoms with Gasteiger partial charge >= 0.3 is 0 Å². The van der Waals surface area contributed by atoms with Crippen molar-refractivity contribution in [3.63, 3.8) is 0 Å². The molecular weight excluding hydrogens is 649 g/mol. The van der Waals surface area contributed by atoms with E-state index in [-0.39, 0.29) is 20.1 Å². The summed E-state index contributed by atoms with van der Waals surface area (Å²) >= 11 is 0. The molecule has 1 radical (unpaired) electrons. The van der Waals surface area contributed by atoms with Gasteiger partial charge in [-0.3, -0.25) is 0 Å². The van der Waals surface area contributed by atoms with Crippen LogP contribution in [-0.2, 0) is 20.1 Å². The van der Waals surface area contributed by atoms with E-state index < -0.39 is 8.07 Å². The summed E-state index contributed by atoms with van der Waals surface area (Å²) in [6.45, 7) is 9.25. The predicted molar refractivity (Wildman–Crippen MR) is 152 cm³/mol. The van der Waals surface area contributed by atoms with Crippen molar-refractivity contribution in [1.29, 1.82) is 0 Å². The van der Waals surface area contributed by atoms with Gasteiger partial charge in [0.2, 0.25) is 0 Å². The van der Waals surface area contributed by atoms with Gasteiger partial charge in [0, 0.05) is 37.9 Å². The number of hydrogen-bond acceptors (Lipinski definition) is 3. The van der Waals surface area contributed by atoms with Crippen molar-refractivity contribution in [2.24, 2.45) is 0 Å². The molecule has 0 unspecified atom stereocenters. The first-order valence-corrected chi connectivity index (χ1v) is 15.6. The van der Waals surface area contributed by atoms with Gasteiger partial charge in [0.1, 0.15) is 5.58 Å². The maximum atomic E-state index is 5.88. The summed E-state index contributed by atoms with van der Waals surface area (Å²) < 4.78 is 5.88. The Morgan fingerprint density at radius 1 is 0.730 bits per heavy atom. The monoisotopic (exact) mass is 677 g/mol. The Hall–Kier alpha value is -3.37. The largest absolute Gasteiger partial charge is 0.500 e. The van der Waals surface area contributed by atoms with Crippen molar-refractivity contribution in [3.05, 3.63) is 115 Å². The molecule has 0 saturated heterocycles. The Balaban J connectivity index is 0.000000208. The molecule has 0 atom stereocenters. The van der Waals surface area contributed by atoms with Crippen LogP contribution in [0.5, 0.6) is 0 Å². The van der Waals surface area contributed by atoms with Gasteiger partial charge < -0.3 is 14.4 Å². The van der Waals surface area contributed by atoms with Crippen LogP contribution in [0.25, 0.3) is 44.5 Å². The van der Waals surface area contributed by atoms with Crippen LogP contribution < -0.4 is 5.19 Å². The van der Waals surface area contributed by atoms with E-state index >= 15 is 0 Å². The van der Waals surface area contributed by atoms with E-state index in [0.717, 1.165) is 44.5 Å². The average molecular weight is 677 g/mol. The van der Waals surface area contributed by atoms with Gasteiger partial charge in [-0.15, -0.1) is 59.7 Å². The van der Waals surface area contributed by atoms with Crippen LogP contribution in [0.3, 0.4) is 0 Å². The van der Waals surface area contributed by atoms with Crippen LogP contribution in [0.1, 0.15) is 5.56 Å². The van der Waals surface area contributed by atoms with Crippen LogP contribution in [0.4, 0.5) is 0 Å². The van der Waals surface area contributed by atoms with E-state index in [1.54, 1.807) is 6.20 Å². The average Bonchev–Trinajstić information content (AvgIpc) is 3.27. The summed E-state index contributed by atoms with van der Waals surface area (Å²) in [5.41, 5.74) is 7.11. The molecule has 3 nitrogen and oxygen atoms in total. The molecule has 0 N–H and O–H groups in total. The minimum Gasteiger partial charge on any atom is -0.500 e. The number of nitrogens with zero attached hydrogens (tertiary/aromatic N) is 2. The molecule has 3 aromatic carbocycles. The van der Waals surface area contributed by atoms with Gasteiger partial charge in [-0.2, -0.15) is 0 Å². The fourth-order valence-corrected chi connectivity index (χ4v) is 6.09. The van der Waals surface area contributed by atoms with Gasteiger partial charge in [0.15, 0.2) is 0 Å². The molecule has 0 saturated carbocycles. The zero-order valence-corrected chi connectivity index (χ0v) is 24.8. The van der Waals surface area contributed by atoms with Gasteiger partial charge in [0.25, 0.3) is 0 Å². The number of furan rings is 1. The standard InChI is InChI=1S/C21H20NOSi.C11H8N.Ir/c1-14-11-18(22-13-21(14)24(2,3)4)15-9-10-20-17(12-15)16-7-5-6-8-19(16)23-20;1-2-6-10(7-3-1)11-8-4-5-9-12-11;/h5-8,10-13H,1-4H3;1-6,8-9H;/q2*-1;. The van der Waals surface area contributed by atoms with Gasteiger partial charge in [-0.25, -0.2) is 0 Å². The molecule has 0 amide bonds. The van der Waals surface area contributed by atoms with Crippen molar-refractivity contribution < 1.29 is 24.5 Å².